The van der Waals surface area contributed by atoms with Crippen LogP contribution in [-0.4, -0.2) is 95.2 Å². The van der Waals surface area contributed by atoms with Gasteiger partial charge in [-0.25, -0.2) is 19.2 Å². The zero-order valence-electron chi connectivity index (χ0n) is 32.9. The first-order valence-electron chi connectivity index (χ1n) is 17.3. The summed E-state index contributed by atoms with van der Waals surface area (Å²) in [6, 6.07) is 19.5. The maximum absolute atomic E-state index is 11.5. The van der Waals surface area contributed by atoms with Crippen LogP contribution in [0, 0.1) is 0 Å². The molecule has 0 unspecified atom stereocenters. The summed E-state index contributed by atoms with van der Waals surface area (Å²) >= 11 is 0. The van der Waals surface area contributed by atoms with Crippen LogP contribution in [0.2, 0.25) is 0 Å². The molecule has 0 N–H and O–H groups in total. The van der Waals surface area contributed by atoms with Gasteiger partial charge in [0.15, 0.2) is 0 Å². The van der Waals surface area contributed by atoms with E-state index < -0.39 is 23.9 Å². The Kier molecular flexibility index (Phi) is 19.4. The molecule has 1 radical (unpaired) electrons. The summed E-state index contributed by atoms with van der Waals surface area (Å²) in [6.07, 6.45) is 9.16. The first-order valence-corrected chi connectivity index (χ1v) is 17.3. The SMILES string of the molecule is COC(=O)c1ccnc(-c2cc(C(=O)OC)ccn2)c1.COC(=O)c1ccnc(-c2cc(COC=O)ccn2)c1.COC(=O)c1ccnc(-c2cc(COC=O)ccn2)c1.[Co+2]. The number of rotatable bonds is 13. The van der Waals surface area contributed by atoms with Crippen LogP contribution >= 0.6 is 0 Å². The van der Waals surface area contributed by atoms with E-state index in [0.29, 0.717) is 69.4 Å². The molecule has 0 bridgehead atoms. The summed E-state index contributed by atoms with van der Waals surface area (Å²) in [6.45, 7) is 1.10. The molecule has 6 aromatic rings. The molecule has 0 spiro atoms. The fraction of sp³-hybridized carbons (Fsp3) is 0.143. The van der Waals surface area contributed by atoms with Gasteiger partial charge in [0.1, 0.15) is 13.2 Å². The van der Waals surface area contributed by atoms with Crippen molar-refractivity contribution in [3.63, 3.8) is 0 Å². The van der Waals surface area contributed by atoms with Crippen molar-refractivity contribution in [1.82, 2.24) is 29.9 Å². The molecule has 0 aromatic carbocycles. The molecule has 0 saturated heterocycles. The van der Waals surface area contributed by atoms with Gasteiger partial charge in [-0.2, -0.15) is 0 Å². The number of carbonyl (C=O) groups excluding carboxylic acids is 6. The van der Waals surface area contributed by atoms with Crippen LogP contribution in [0.15, 0.2) is 110 Å². The smallest absolute Gasteiger partial charge is 0.465 e. The molecule has 6 aromatic heterocycles. The summed E-state index contributed by atoms with van der Waals surface area (Å²) in [5.41, 5.74) is 6.29. The van der Waals surface area contributed by atoms with Crippen LogP contribution < -0.4 is 0 Å². The number of esters is 4. The summed E-state index contributed by atoms with van der Waals surface area (Å²) in [7, 11) is 5.24. The number of ether oxygens (including phenoxy) is 6. The molecule has 313 valence electrons. The standard InChI is InChI=1S/3C14H12N2O4.Co/c1-19-13(17)9-3-5-15-11(7-9)12-8-10(4-6-16-12)14(18)20-2;2*1-19-14(18)11-3-5-16-13(7-11)12-6-10(2-4-15-12)8-20-9-17;/h3-8H,1-2H3;2*2-7,9H,8H2,1H3;/q;;;+2. The van der Waals surface area contributed by atoms with Gasteiger partial charge in [-0.3, -0.25) is 39.5 Å². The molecule has 0 aliphatic carbocycles. The summed E-state index contributed by atoms with van der Waals surface area (Å²) in [4.78, 5) is 91.2. The van der Waals surface area contributed by atoms with E-state index in [-0.39, 0.29) is 30.0 Å². The van der Waals surface area contributed by atoms with Crippen LogP contribution in [-0.2, 0) is 68.0 Å². The Bertz CT molecular complexity index is 2280. The third-order valence-corrected chi connectivity index (χ3v) is 7.80. The van der Waals surface area contributed by atoms with Crippen LogP contribution in [0.25, 0.3) is 34.2 Å². The number of methoxy groups -OCH3 is 4. The molecule has 19 heteroatoms. The maximum Gasteiger partial charge on any atom is 2.00 e. The fourth-order valence-corrected chi connectivity index (χ4v) is 4.93. The van der Waals surface area contributed by atoms with Crippen molar-refractivity contribution < 1.29 is 74.0 Å². The second-order valence-electron chi connectivity index (χ2n) is 11.6. The van der Waals surface area contributed by atoms with Gasteiger partial charge in [-0.1, -0.05) is 0 Å². The Morgan fingerprint density at radius 3 is 0.869 bits per heavy atom. The van der Waals surface area contributed by atoms with Crippen molar-refractivity contribution in [3.8, 4) is 34.2 Å². The van der Waals surface area contributed by atoms with Crippen LogP contribution in [0.1, 0.15) is 52.6 Å². The number of nitrogens with zero attached hydrogens (tertiary/aromatic N) is 6. The average Bonchev–Trinajstić information content (AvgIpc) is 3.32. The van der Waals surface area contributed by atoms with Crippen LogP contribution in [0.5, 0.6) is 0 Å². The van der Waals surface area contributed by atoms with E-state index in [9.17, 15) is 28.8 Å². The van der Waals surface area contributed by atoms with Gasteiger partial charge in [-0.05, 0) is 83.9 Å². The summed E-state index contributed by atoms with van der Waals surface area (Å²) in [5, 5.41) is 0. The molecule has 0 fully saturated rings. The van der Waals surface area contributed by atoms with E-state index in [1.165, 1.54) is 53.2 Å². The molecule has 0 saturated carbocycles. The predicted octanol–water partition coefficient (Wildman–Crippen LogP) is 4.92. The Morgan fingerprint density at radius 2 is 0.639 bits per heavy atom. The Morgan fingerprint density at radius 1 is 0.410 bits per heavy atom. The Hall–Kier alpha value is -7.77. The van der Waals surface area contributed by atoms with Crippen molar-refractivity contribution in [1.29, 1.82) is 0 Å². The zero-order valence-corrected chi connectivity index (χ0v) is 33.9. The van der Waals surface area contributed by atoms with E-state index in [1.54, 1.807) is 85.2 Å². The van der Waals surface area contributed by atoms with Crippen molar-refractivity contribution in [2.45, 2.75) is 13.2 Å². The molecule has 6 rings (SSSR count). The molecule has 0 atom stereocenters. The average molecular weight is 876 g/mol. The van der Waals surface area contributed by atoms with E-state index in [1.807, 2.05) is 0 Å². The van der Waals surface area contributed by atoms with Crippen LogP contribution in [0.4, 0.5) is 0 Å². The van der Waals surface area contributed by atoms with Crippen LogP contribution in [0.3, 0.4) is 0 Å². The largest absolute Gasteiger partial charge is 2.00 e. The minimum atomic E-state index is -0.460. The molecule has 0 aliphatic rings. The number of hydrogen-bond acceptors (Lipinski definition) is 18. The van der Waals surface area contributed by atoms with Gasteiger partial charge >= 0.3 is 40.7 Å². The maximum atomic E-state index is 11.5. The summed E-state index contributed by atoms with van der Waals surface area (Å²) < 4.78 is 28.0. The Balaban J connectivity index is 0.000000242. The normalized spacial score (nSPS) is 9.70. The van der Waals surface area contributed by atoms with Crippen molar-refractivity contribution >= 4 is 36.8 Å². The number of carbonyl (C=O) groups is 6. The third-order valence-electron chi connectivity index (χ3n) is 7.80. The topological polar surface area (TPSA) is 235 Å². The van der Waals surface area contributed by atoms with E-state index >= 15 is 0 Å². The molecular weight excluding hydrogens is 839 g/mol. The minimum absolute atomic E-state index is 0. The van der Waals surface area contributed by atoms with Gasteiger partial charge in [0.2, 0.25) is 0 Å². The monoisotopic (exact) mass is 875 g/mol. The number of aromatic nitrogens is 6. The van der Waals surface area contributed by atoms with E-state index in [0.717, 1.165) is 11.1 Å². The van der Waals surface area contributed by atoms with Gasteiger partial charge in [0, 0.05) is 37.2 Å². The first-order chi connectivity index (χ1) is 29.1. The fourth-order valence-electron chi connectivity index (χ4n) is 4.93. The molecule has 61 heavy (non-hydrogen) atoms. The summed E-state index contributed by atoms with van der Waals surface area (Å²) in [5.74, 6) is -1.79. The van der Waals surface area contributed by atoms with Gasteiger partial charge < -0.3 is 28.4 Å². The minimum Gasteiger partial charge on any atom is -0.465 e. The molecule has 0 aliphatic heterocycles. The van der Waals surface area contributed by atoms with Crippen molar-refractivity contribution in [2.75, 3.05) is 28.4 Å². The van der Waals surface area contributed by atoms with Gasteiger partial charge in [-0.15, -0.1) is 0 Å². The van der Waals surface area contributed by atoms with Gasteiger partial charge in [0.25, 0.3) is 12.9 Å². The van der Waals surface area contributed by atoms with Crippen molar-refractivity contribution in [2.24, 2.45) is 0 Å². The Labute approximate surface area is 358 Å². The second kappa shape index (κ2) is 24.9. The van der Waals surface area contributed by atoms with E-state index in [2.05, 4.69) is 58.3 Å². The van der Waals surface area contributed by atoms with Crippen molar-refractivity contribution in [3.05, 3.63) is 143 Å². The molecule has 6 heterocycles. The first kappa shape index (κ1) is 47.6. The number of hydrogen-bond donors (Lipinski definition) is 0. The molecule has 0 amide bonds. The number of pyridine rings is 6. The van der Waals surface area contributed by atoms with Gasteiger partial charge in [0.05, 0.1) is 84.9 Å². The third kappa shape index (κ3) is 14.2. The van der Waals surface area contributed by atoms with E-state index in [4.69, 9.17) is 0 Å². The predicted molar refractivity (Wildman–Crippen MR) is 209 cm³/mol. The molecule has 18 nitrogen and oxygen atoms in total. The second-order valence-corrected chi connectivity index (χ2v) is 11.6. The quantitative estimate of drug-likeness (QED) is 0.0850. The zero-order chi connectivity index (χ0) is 43.3. The molecular formula is C42H36CoN6O12+2.